The number of carbonyl (C=O) groups is 3. The van der Waals surface area contributed by atoms with Crippen molar-refractivity contribution in [1.82, 2.24) is 5.32 Å². The lowest BCUT2D eigenvalue weighted by Crippen LogP contribution is -2.40. The Bertz CT molecular complexity index is 995. The average Bonchev–Trinajstić information content (AvgIpc) is 3.08. The van der Waals surface area contributed by atoms with Crippen LogP contribution in [0.25, 0.3) is 0 Å². The predicted molar refractivity (Wildman–Crippen MR) is 206 cm³/mol. The lowest BCUT2D eigenvalue weighted by molar-refractivity contribution is -0.146. The Hall–Kier alpha value is -3.19. The first kappa shape index (κ1) is 45.8. The molecule has 0 aliphatic heterocycles. The molecule has 0 aromatic heterocycles. The average molecular weight is 683 g/mol. The van der Waals surface area contributed by atoms with Gasteiger partial charge >= 0.3 is 11.9 Å². The van der Waals surface area contributed by atoms with Crippen LogP contribution in [0.3, 0.4) is 0 Å². The number of hydrogen-bond donors (Lipinski definition) is 3. The molecule has 49 heavy (non-hydrogen) atoms. The summed E-state index contributed by atoms with van der Waals surface area (Å²) in [6.45, 7) is 4.78. The van der Waals surface area contributed by atoms with Crippen molar-refractivity contribution in [2.24, 2.45) is 5.73 Å². The number of allylic oxidation sites excluding steroid dienone is 10. The Kier molecular flexibility index (Phi) is 33.7. The van der Waals surface area contributed by atoms with Gasteiger partial charge in [-0.1, -0.05) is 132 Å². The summed E-state index contributed by atoms with van der Waals surface area (Å²) in [4.78, 5) is 36.2. The Morgan fingerprint density at radius 1 is 0.653 bits per heavy atom. The number of amides is 1. The molecule has 2 unspecified atom stereocenters. The highest BCUT2D eigenvalue weighted by Gasteiger charge is 2.18. The smallest absolute Gasteiger partial charge is 0.326 e. The predicted octanol–water partition coefficient (Wildman–Crippen LogP) is 10.4. The van der Waals surface area contributed by atoms with E-state index in [2.05, 4.69) is 79.9 Å². The zero-order chi connectivity index (χ0) is 36.0. The third-order valence-corrected chi connectivity index (χ3v) is 8.02. The fraction of sp³-hybridized carbons (Fsp3) is 0.643. The van der Waals surface area contributed by atoms with Gasteiger partial charge in [-0.15, -0.1) is 0 Å². The van der Waals surface area contributed by atoms with Crippen molar-refractivity contribution in [3.8, 4) is 0 Å². The van der Waals surface area contributed by atoms with E-state index in [0.717, 1.165) is 70.6 Å². The third kappa shape index (κ3) is 33.1. The summed E-state index contributed by atoms with van der Waals surface area (Å²) >= 11 is 0. The van der Waals surface area contributed by atoms with Gasteiger partial charge < -0.3 is 20.9 Å². The van der Waals surface area contributed by atoms with Gasteiger partial charge in [-0.25, -0.2) is 4.79 Å². The van der Waals surface area contributed by atoms with Gasteiger partial charge in [0, 0.05) is 6.42 Å². The molecular weight excluding hydrogens is 612 g/mol. The van der Waals surface area contributed by atoms with Crippen LogP contribution in [0.4, 0.5) is 0 Å². The second kappa shape index (κ2) is 36.1. The Morgan fingerprint density at radius 3 is 1.80 bits per heavy atom. The first-order valence-electron chi connectivity index (χ1n) is 19.3. The number of nitrogens with two attached hydrogens (primary N) is 1. The number of ether oxygens (including phenoxy) is 1. The van der Waals surface area contributed by atoms with Gasteiger partial charge in [0.2, 0.25) is 5.91 Å². The molecule has 1 amide bonds. The summed E-state index contributed by atoms with van der Waals surface area (Å²) in [5.41, 5.74) is 5.47. The van der Waals surface area contributed by atoms with Crippen molar-refractivity contribution in [1.29, 1.82) is 0 Å². The maximum absolute atomic E-state index is 12.6. The number of rotatable bonds is 33. The van der Waals surface area contributed by atoms with Crippen LogP contribution >= 0.6 is 0 Å². The van der Waals surface area contributed by atoms with Crippen LogP contribution in [0.15, 0.2) is 72.9 Å². The fourth-order valence-corrected chi connectivity index (χ4v) is 5.14. The lowest BCUT2D eigenvalue weighted by Gasteiger charge is -2.15. The molecule has 0 aliphatic rings. The number of aliphatic carboxylic acids is 1. The lowest BCUT2D eigenvalue weighted by atomic mass is 10.1. The molecule has 4 N–H and O–H groups in total. The molecule has 0 fully saturated rings. The minimum atomic E-state index is -1.02. The molecule has 7 nitrogen and oxygen atoms in total. The van der Waals surface area contributed by atoms with E-state index >= 15 is 0 Å². The van der Waals surface area contributed by atoms with Gasteiger partial charge in [0.05, 0.1) is 6.42 Å². The molecule has 0 aromatic carbocycles. The van der Waals surface area contributed by atoms with Crippen molar-refractivity contribution < 1.29 is 24.2 Å². The highest BCUT2D eigenvalue weighted by molar-refractivity contribution is 5.83. The van der Waals surface area contributed by atoms with Gasteiger partial charge in [-0.05, 0) is 89.7 Å². The Balaban J connectivity index is 4.54. The summed E-state index contributed by atoms with van der Waals surface area (Å²) in [7, 11) is 0. The molecule has 0 radical (unpaired) electrons. The van der Waals surface area contributed by atoms with E-state index in [9.17, 15) is 19.5 Å². The summed E-state index contributed by atoms with van der Waals surface area (Å²) in [6.07, 6.45) is 45.4. The van der Waals surface area contributed by atoms with Gasteiger partial charge in [0.25, 0.3) is 0 Å². The van der Waals surface area contributed by atoms with E-state index in [1.165, 1.54) is 38.5 Å². The van der Waals surface area contributed by atoms with E-state index < -0.39 is 12.0 Å². The largest absolute Gasteiger partial charge is 0.480 e. The van der Waals surface area contributed by atoms with Crippen LogP contribution in [0.2, 0.25) is 0 Å². The standard InChI is InChI=1S/C42H70N2O5/c1-3-5-7-9-11-13-14-15-16-17-18-20-22-24-30-36-41(46)49-38(32-27-23-21-19-12-10-8-6-4-2)33-28-25-26-29-35-40(45)44-39(42(47)48)34-31-37-43/h5,7,11,13,15-16,18,20,24,27,30,32,38-39H,3-4,6,8-10,12,14,17,19,21-23,25-26,28-29,31,33-37,43H2,1-2H3,(H,44,45)(H,47,48)/b7-5-,13-11-,16-15-,20-18-,30-24-,32-27-. The van der Waals surface area contributed by atoms with Crippen molar-refractivity contribution in [3.05, 3.63) is 72.9 Å². The van der Waals surface area contributed by atoms with Crippen molar-refractivity contribution in [2.45, 2.75) is 167 Å². The van der Waals surface area contributed by atoms with Crippen molar-refractivity contribution in [2.75, 3.05) is 6.54 Å². The SMILES string of the molecule is CC/C=C\C/C=C\C/C=C\C/C=C\C/C=C\CC(=O)OC(/C=C\CCCCCCCCC)CCCCCCC(=O)NC(CCCN)C(=O)O. The quantitative estimate of drug-likeness (QED) is 0.0360. The molecule has 2 atom stereocenters. The van der Waals surface area contributed by atoms with Crippen LogP contribution in [0, 0.1) is 0 Å². The van der Waals surface area contributed by atoms with Gasteiger partial charge in [0.15, 0.2) is 0 Å². The van der Waals surface area contributed by atoms with Gasteiger partial charge in [-0.2, -0.15) is 0 Å². The topological polar surface area (TPSA) is 119 Å². The molecule has 0 aliphatic carbocycles. The van der Waals surface area contributed by atoms with E-state index in [1.54, 1.807) is 0 Å². The number of carbonyl (C=O) groups excluding carboxylic acids is 2. The first-order valence-corrected chi connectivity index (χ1v) is 19.3. The number of unbranched alkanes of at least 4 members (excludes halogenated alkanes) is 10. The number of carboxylic acid groups (broad SMARTS) is 1. The number of nitrogens with one attached hydrogen (secondary N) is 1. The fourth-order valence-electron chi connectivity index (χ4n) is 5.14. The maximum atomic E-state index is 12.6. The summed E-state index contributed by atoms with van der Waals surface area (Å²) < 4.78 is 5.84. The van der Waals surface area contributed by atoms with E-state index in [0.29, 0.717) is 32.2 Å². The summed E-state index contributed by atoms with van der Waals surface area (Å²) in [6, 6.07) is -0.881. The van der Waals surface area contributed by atoms with Crippen molar-refractivity contribution >= 4 is 17.8 Å². The van der Waals surface area contributed by atoms with E-state index in [1.807, 2.05) is 12.2 Å². The van der Waals surface area contributed by atoms with Gasteiger partial charge in [0.1, 0.15) is 12.1 Å². The van der Waals surface area contributed by atoms with Crippen molar-refractivity contribution in [3.63, 3.8) is 0 Å². The number of esters is 1. The zero-order valence-corrected chi connectivity index (χ0v) is 31.0. The molecule has 0 saturated carbocycles. The van der Waals surface area contributed by atoms with E-state index in [-0.39, 0.29) is 24.4 Å². The highest BCUT2D eigenvalue weighted by Crippen LogP contribution is 2.14. The van der Waals surface area contributed by atoms with Crippen LogP contribution < -0.4 is 11.1 Å². The first-order chi connectivity index (χ1) is 23.9. The third-order valence-electron chi connectivity index (χ3n) is 8.02. The Morgan fingerprint density at radius 2 is 1.20 bits per heavy atom. The van der Waals surface area contributed by atoms with Crippen LogP contribution in [-0.2, 0) is 19.1 Å². The molecule has 278 valence electrons. The maximum Gasteiger partial charge on any atom is 0.326 e. The number of hydrogen-bond acceptors (Lipinski definition) is 5. The zero-order valence-electron chi connectivity index (χ0n) is 31.0. The van der Waals surface area contributed by atoms with Gasteiger partial charge in [-0.3, -0.25) is 9.59 Å². The molecule has 0 rings (SSSR count). The molecule has 0 spiro atoms. The second-order valence-electron chi connectivity index (χ2n) is 12.6. The van der Waals surface area contributed by atoms with Crippen LogP contribution in [0.5, 0.6) is 0 Å². The molecular formula is C42H70N2O5. The highest BCUT2D eigenvalue weighted by atomic mass is 16.5. The summed E-state index contributed by atoms with van der Waals surface area (Å²) in [5.74, 6) is -1.48. The van der Waals surface area contributed by atoms with Crippen LogP contribution in [0.1, 0.15) is 155 Å². The molecule has 7 heteroatoms. The van der Waals surface area contributed by atoms with Crippen LogP contribution in [-0.4, -0.2) is 41.6 Å². The normalized spacial score (nSPS) is 13.5. The van der Waals surface area contributed by atoms with E-state index in [4.69, 9.17) is 10.5 Å². The monoisotopic (exact) mass is 683 g/mol. The summed E-state index contributed by atoms with van der Waals surface area (Å²) in [5, 5.41) is 11.9. The minimum absolute atomic E-state index is 0.216. The number of carboxylic acids is 1. The molecule has 0 heterocycles. The molecule has 0 saturated heterocycles. The Labute approximate surface area is 299 Å². The second-order valence-corrected chi connectivity index (χ2v) is 12.6. The molecule has 0 aromatic rings. The minimum Gasteiger partial charge on any atom is -0.480 e. The molecule has 0 bridgehead atoms.